The highest BCUT2D eigenvalue weighted by atomic mass is 16.4. The van der Waals surface area contributed by atoms with Crippen LogP contribution in [0.1, 0.15) is 46.0 Å². The summed E-state index contributed by atoms with van der Waals surface area (Å²) < 4.78 is 0. The summed E-state index contributed by atoms with van der Waals surface area (Å²) in [5.74, 6) is -0.485. The standard InChI is InChI=1S/C11H20O2/c1-3-5-6-7-8-10(4-2)9-11(12)13/h7-8,10H,3-6,9H2,1-2H3,(H,12,13). The van der Waals surface area contributed by atoms with Crippen molar-refractivity contribution in [1.82, 2.24) is 0 Å². The van der Waals surface area contributed by atoms with Gasteiger partial charge in [0, 0.05) is 0 Å². The molecule has 1 unspecified atom stereocenters. The number of rotatable bonds is 7. The third-order valence-electron chi connectivity index (χ3n) is 2.09. The SMILES string of the molecule is CCCCC=CC(CC)CC(=O)O. The minimum Gasteiger partial charge on any atom is -0.481 e. The molecule has 0 bridgehead atoms. The maximum Gasteiger partial charge on any atom is 0.303 e. The van der Waals surface area contributed by atoms with Gasteiger partial charge in [0.25, 0.3) is 0 Å². The molecule has 0 radical (unpaired) electrons. The summed E-state index contributed by atoms with van der Waals surface area (Å²) in [5.41, 5.74) is 0. The number of aliphatic carboxylic acids is 1. The predicted octanol–water partition coefficient (Wildman–Crippen LogP) is 3.23. The van der Waals surface area contributed by atoms with Gasteiger partial charge in [0.05, 0.1) is 6.42 Å². The van der Waals surface area contributed by atoms with Crippen LogP contribution in [0.4, 0.5) is 0 Å². The number of allylic oxidation sites excluding steroid dienone is 2. The van der Waals surface area contributed by atoms with Crippen LogP contribution in [0.3, 0.4) is 0 Å². The van der Waals surface area contributed by atoms with Crippen LogP contribution in [-0.4, -0.2) is 11.1 Å². The number of unbranched alkanes of at least 4 members (excludes halogenated alkanes) is 2. The van der Waals surface area contributed by atoms with Crippen molar-refractivity contribution in [2.45, 2.75) is 46.0 Å². The first kappa shape index (κ1) is 12.2. The molecule has 0 aliphatic rings. The number of hydrogen-bond acceptors (Lipinski definition) is 1. The molecule has 0 amide bonds. The fraction of sp³-hybridized carbons (Fsp3) is 0.727. The maximum absolute atomic E-state index is 10.4. The van der Waals surface area contributed by atoms with Gasteiger partial charge in [0.2, 0.25) is 0 Å². The molecule has 0 aliphatic carbocycles. The van der Waals surface area contributed by atoms with Crippen molar-refractivity contribution in [2.75, 3.05) is 0 Å². The lowest BCUT2D eigenvalue weighted by molar-refractivity contribution is -0.137. The highest BCUT2D eigenvalue weighted by molar-refractivity contribution is 5.67. The second-order valence-corrected chi connectivity index (χ2v) is 3.34. The van der Waals surface area contributed by atoms with E-state index in [2.05, 4.69) is 13.0 Å². The molecule has 1 atom stereocenters. The van der Waals surface area contributed by atoms with E-state index in [1.165, 1.54) is 12.8 Å². The van der Waals surface area contributed by atoms with Gasteiger partial charge >= 0.3 is 5.97 Å². The first-order valence-corrected chi connectivity index (χ1v) is 5.09. The minimum atomic E-state index is -0.702. The van der Waals surface area contributed by atoms with Crippen molar-refractivity contribution in [1.29, 1.82) is 0 Å². The molecule has 76 valence electrons. The van der Waals surface area contributed by atoms with Gasteiger partial charge in [-0.05, 0) is 18.8 Å². The van der Waals surface area contributed by atoms with Crippen LogP contribution in [0.2, 0.25) is 0 Å². The summed E-state index contributed by atoms with van der Waals surface area (Å²) in [4.78, 5) is 10.4. The summed E-state index contributed by atoms with van der Waals surface area (Å²) in [6, 6.07) is 0. The van der Waals surface area contributed by atoms with Crippen LogP contribution in [-0.2, 0) is 4.79 Å². The van der Waals surface area contributed by atoms with Crippen molar-refractivity contribution in [3.8, 4) is 0 Å². The molecule has 0 saturated heterocycles. The van der Waals surface area contributed by atoms with Gasteiger partial charge < -0.3 is 5.11 Å². The number of hydrogen-bond donors (Lipinski definition) is 1. The Kier molecular flexibility index (Phi) is 7.36. The topological polar surface area (TPSA) is 37.3 Å². The van der Waals surface area contributed by atoms with Crippen LogP contribution in [0.15, 0.2) is 12.2 Å². The summed E-state index contributed by atoms with van der Waals surface area (Å²) >= 11 is 0. The second kappa shape index (κ2) is 7.84. The number of carbonyl (C=O) groups is 1. The summed E-state index contributed by atoms with van der Waals surface area (Å²) in [6.45, 7) is 4.18. The van der Waals surface area contributed by atoms with E-state index in [1.807, 2.05) is 13.0 Å². The molecule has 2 nitrogen and oxygen atoms in total. The van der Waals surface area contributed by atoms with Gasteiger partial charge in [-0.2, -0.15) is 0 Å². The molecule has 0 heterocycles. The monoisotopic (exact) mass is 184 g/mol. The first-order valence-electron chi connectivity index (χ1n) is 5.09. The Labute approximate surface area is 80.7 Å². The molecule has 0 rings (SSSR count). The lowest BCUT2D eigenvalue weighted by Crippen LogP contribution is -2.03. The largest absolute Gasteiger partial charge is 0.481 e. The van der Waals surface area contributed by atoms with Crippen LogP contribution < -0.4 is 0 Å². The molecule has 0 aromatic carbocycles. The molecule has 0 aliphatic heterocycles. The molecule has 0 spiro atoms. The zero-order valence-corrected chi connectivity index (χ0v) is 8.62. The fourth-order valence-corrected chi connectivity index (χ4v) is 1.18. The summed E-state index contributed by atoms with van der Waals surface area (Å²) in [7, 11) is 0. The quantitative estimate of drug-likeness (QED) is 0.487. The average molecular weight is 184 g/mol. The molecule has 0 fully saturated rings. The third-order valence-corrected chi connectivity index (χ3v) is 2.09. The fourth-order valence-electron chi connectivity index (χ4n) is 1.18. The average Bonchev–Trinajstić information content (AvgIpc) is 2.09. The molecular weight excluding hydrogens is 164 g/mol. The zero-order valence-electron chi connectivity index (χ0n) is 8.62. The van der Waals surface area contributed by atoms with Gasteiger partial charge in [0.15, 0.2) is 0 Å². The van der Waals surface area contributed by atoms with Crippen molar-refractivity contribution in [2.24, 2.45) is 5.92 Å². The van der Waals surface area contributed by atoms with Crippen LogP contribution in [0.25, 0.3) is 0 Å². The van der Waals surface area contributed by atoms with Gasteiger partial charge in [-0.25, -0.2) is 0 Å². The Morgan fingerprint density at radius 2 is 2.15 bits per heavy atom. The van der Waals surface area contributed by atoms with Gasteiger partial charge in [-0.1, -0.05) is 38.8 Å². The van der Waals surface area contributed by atoms with E-state index in [9.17, 15) is 4.79 Å². The molecular formula is C11H20O2. The van der Waals surface area contributed by atoms with Gasteiger partial charge in [0.1, 0.15) is 0 Å². The highest BCUT2D eigenvalue weighted by Crippen LogP contribution is 2.10. The lowest BCUT2D eigenvalue weighted by atomic mass is 10.0. The predicted molar refractivity (Wildman–Crippen MR) is 54.7 cm³/mol. The summed E-state index contributed by atoms with van der Waals surface area (Å²) in [6.07, 6.45) is 8.80. The smallest absolute Gasteiger partial charge is 0.303 e. The maximum atomic E-state index is 10.4. The normalized spacial score (nSPS) is 13.4. The van der Waals surface area contributed by atoms with Crippen LogP contribution >= 0.6 is 0 Å². The lowest BCUT2D eigenvalue weighted by Gasteiger charge is -2.05. The highest BCUT2D eigenvalue weighted by Gasteiger charge is 2.06. The van der Waals surface area contributed by atoms with E-state index >= 15 is 0 Å². The molecule has 0 aromatic heterocycles. The van der Waals surface area contributed by atoms with Crippen molar-refractivity contribution < 1.29 is 9.90 Å². The number of carboxylic acids is 1. The van der Waals surface area contributed by atoms with Crippen molar-refractivity contribution in [3.05, 3.63) is 12.2 Å². The number of carboxylic acid groups (broad SMARTS) is 1. The van der Waals surface area contributed by atoms with Crippen LogP contribution in [0.5, 0.6) is 0 Å². The van der Waals surface area contributed by atoms with Crippen LogP contribution in [0, 0.1) is 5.92 Å². The van der Waals surface area contributed by atoms with E-state index < -0.39 is 5.97 Å². The van der Waals surface area contributed by atoms with E-state index in [1.54, 1.807) is 0 Å². The third kappa shape index (κ3) is 7.57. The molecule has 0 saturated carbocycles. The van der Waals surface area contributed by atoms with E-state index in [0.29, 0.717) is 0 Å². The van der Waals surface area contributed by atoms with Crippen molar-refractivity contribution >= 4 is 5.97 Å². The van der Waals surface area contributed by atoms with E-state index in [0.717, 1.165) is 12.8 Å². The first-order chi connectivity index (χ1) is 6.20. The summed E-state index contributed by atoms with van der Waals surface area (Å²) in [5, 5.41) is 8.58. The zero-order chi connectivity index (χ0) is 10.1. The Balaban J connectivity index is 3.69. The van der Waals surface area contributed by atoms with E-state index in [-0.39, 0.29) is 12.3 Å². The Hall–Kier alpha value is -0.790. The molecule has 1 N–H and O–H groups in total. The second-order valence-electron chi connectivity index (χ2n) is 3.34. The van der Waals surface area contributed by atoms with Gasteiger partial charge in [-0.15, -0.1) is 0 Å². The van der Waals surface area contributed by atoms with Crippen molar-refractivity contribution in [3.63, 3.8) is 0 Å². The van der Waals surface area contributed by atoms with Gasteiger partial charge in [-0.3, -0.25) is 4.79 Å². The Morgan fingerprint density at radius 3 is 2.62 bits per heavy atom. The Bertz CT molecular complexity index is 161. The molecule has 13 heavy (non-hydrogen) atoms. The molecule has 2 heteroatoms. The Morgan fingerprint density at radius 1 is 1.46 bits per heavy atom. The van der Waals surface area contributed by atoms with E-state index in [4.69, 9.17) is 5.11 Å². The molecule has 0 aromatic rings. The minimum absolute atomic E-state index is 0.217.